The minimum Gasteiger partial charge on any atom is -0.465 e. The summed E-state index contributed by atoms with van der Waals surface area (Å²) < 4.78 is 5.20. The largest absolute Gasteiger partial charge is 0.465 e. The molecule has 3 rings (SSSR count). The van der Waals surface area contributed by atoms with Crippen LogP contribution in [0.5, 0.6) is 0 Å². The Kier molecular flexibility index (Phi) is 6.11. The van der Waals surface area contributed by atoms with Crippen LogP contribution in [0.4, 0.5) is 5.13 Å². The molecule has 22 heavy (non-hydrogen) atoms. The number of carbonyl (C=O) groups excluding carboxylic acids is 1. The molecule has 0 aromatic carbocycles. The highest BCUT2D eigenvalue weighted by molar-refractivity contribution is 7.16. The molecule has 1 aliphatic heterocycles. The molecule has 0 radical (unpaired) electrons. The number of aromatic nitrogens is 2. The molecule has 0 atom stereocenters. The first-order valence-electron chi connectivity index (χ1n) is 6.88. The molecule has 1 amide bonds. The van der Waals surface area contributed by atoms with E-state index in [1.165, 1.54) is 11.3 Å². The summed E-state index contributed by atoms with van der Waals surface area (Å²) in [4.78, 5) is 12.1. The summed E-state index contributed by atoms with van der Waals surface area (Å²) in [7, 11) is 0. The van der Waals surface area contributed by atoms with Gasteiger partial charge in [0.25, 0.3) is 0 Å². The van der Waals surface area contributed by atoms with Gasteiger partial charge in [-0.1, -0.05) is 11.3 Å². The summed E-state index contributed by atoms with van der Waals surface area (Å²) in [5.74, 6) is 0.858. The van der Waals surface area contributed by atoms with Gasteiger partial charge in [-0.05, 0) is 50.2 Å². The average molecular weight is 341 g/mol. The summed E-state index contributed by atoms with van der Waals surface area (Å²) in [6, 6.07) is 3.68. The molecule has 0 bridgehead atoms. The zero-order valence-corrected chi connectivity index (χ0v) is 13.5. The maximum absolute atomic E-state index is 12.1. The van der Waals surface area contributed by atoms with Gasteiger partial charge in [0.15, 0.2) is 0 Å². The maximum atomic E-state index is 12.1. The number of rotatable bonds is 4. The second-order valence-corrected chi connectivity index (χ2v) is 5.82. The monoisotopic (exact) mass is 340 g/mol. The van der Waals surface area contributed by atoms with Crippen LogP contribution in [0.25, 0.3) is 12.2 Å². The number of hydrogen-bond acceptors (Lipinski definition) is 6. The standard InChI is InChI=1S/C14H16N4O2S.ClH/c19-13(10-5-7-15-8-6-10)16-14-18-17-12(21-14)4-3-11-2-1-9-20-11;/h1-4,9-10,15H,5-8H2,(H,16,18,19);1H/b4-3+;. The van der Waals surface area contributed by atoms with Crippen LogP contribution in [0.1, 0.15) is 23.6 Å². The molecule has 2 N–H and O–H groups in total. The molecule has 0 unspecified atom stereocenters. The first kappa shape index (κ1) is 16.7. The number of anilines is 1. The Labute approximate surface area is 138 Å². The molecule has 1 aliphatic rings. The normalized spacial score (nSPS) is 15.6. The molecule has 3 heterocycles. The Morgan fingerprint density at radius 3 is 2.91 bits per heavy atom. The molecule has 0 aliphatic carbocycles. The number of halogens is 1. The first-order valence-corrected chi connectivity index (χ1v) is 7.69. The Bertz CT molecular complexity index is 621. The number of hydrogen-bond donors (Lipinski definition) is 2. The van der Waals surface area contributed by atoms with Crippen molar-refractivity contribution in [1.29, 1.82) is 0 Å². The van der Waals surface area contributed by atoms with Gasteiger partial charge in [-0.2, -0.15) is 0 Å². The second-order valence-electron chi connectivity index (χ2n) is 4.81. The van der Waals surface area contributed by atoms with Crippen LogP contribution in [0, 0.1) is 5.92 Å². The van der Waals surface area contributed by atoms with E-state index in [1.807, 2.05) is 24.3 Å². The van der Waals surface area contributed by atoms with Crippen molar-refractivity contribution in [2.24, 2.45) is 5.92 Å². The fourth-order valence-electron chi connectivity index (χ4n) is 2.18. The summed E-state index contributed by atoms with van der Waals surface area (Å²) >= 11 is 1.35. The highest BCUT2D eigenvalue weighted by Crippen LogP contribution is 2.20. The summed E-state index contributed by atoms with van der Waals surface area (Å²) in [6.45, 7) is 1.79. The summed E-state index contributed by atoms with van der Waals surface area (Å²) in [5.41, 5.74) is 0. The number of furan rings is 1. The summed E-state index contributed by atoms with van der Waals surface area (Å²) in [5, 5.41) is 15.4. The minimum atomic E-state index is 0. The van der Waals surface area contributed by atoms with Gasteiger partial charge in [0.1, 0.15) is 10.8 Å². The lowest BCUT2D eigenvalue weighted by atomic mass is 9.97. The van der Waals surface area contributed by atoms with Crippen molar-refractivity contribution in [3.8, 4) is 0 Å². The molecule has 8 heteroatoms. The molecule has 2 aromatic rings. The van der Waals surface area contributed by atoms with Crippen molar-refractivity contribution in [3.63, 3.8) is 0 Å². The predicted octanol–water partition coefficient (Wildman–Crippen LogP) is 2.66. The second kappa shape index (κ2) is 8.07. The van der Waals surface area contributed by atoms with Gasteiger partial charge in [-0.15, -0.1) is 22.6 Å². The van der Waals surface area contributed by atoms with E-state index in [4.69, 9.17) is 4.42 Å². The van der Waals surface area contributed by atoms with Crippen LogP contribution in [-0.2, 0) is 4.79 Å². The van der Waals surface area contributed by atoms with Crippen molar-refractivity contribution in [2.75, 3.05) is 18.4 Å². The molecule has 2 aromatic heterocycles. The van der Waals surface area contributed by atoms with Gasteiger partial charge in [0.2, 0.25) is 11.0 Å². The highest BCUT2D eigenvalue weighted by atomic mass is 35.5. The van der Waals surface area contributed by atoms with Gasteiger partial charge >= 0.3 is 0 Å². The molecule has 1 fully saturated rings. The summed E-state index contributed by atoms with van der Waals surface area (Å²) in [6.07, 6.45) is 6.99. The van der Waals surface area contributed by atoms with Crippen LogP contribution in [0.2, 0.25) is 0 Å². The van der Waals surface area contributed by atoms with E-state index in [-0.39, 0.29) is 24.2 Å². The van der Waals surface area contributed by atoms with Crippen molar-refractivity contribution in [3.05, 3.63) is 29.2 Å². The van der Waals surface area contributed by atoms with Crippen LogP contribution < -0.4 is 10.6 Å². The van der Waals surface area contributed by atoms with E-state index < -0.39 is 0 Å². The molecular weight excluding hydrogens is 324 g/mol. The average Bonchev–Trinajstić information content (AvgIpc) is 3.17. The van der Waals surface area contributed by atoms with Crippen molar-refractivity contribution in [1.82, 2.24) is 15.5 Å². The fraction of sp³-hybridized carbons (Fsp3) is 0.357. The molecule has 6 nitrogen and oxygen atoms in total. The van der Waals surface area contributed by atoms with Crippen molar-refractivity contribution in [2.45, 2.75) is 12.8 Å². The number of amides is 1. The zero-order valence-electron chi connectivity index (χ0n) is 11.8. The first-order chi connectivity index (χ1) is 10.3. The zero-order chi connectivity index (χ0) is 14.5. The molecule has 118 valence electrons. The Morgan fingerprint density at radius 1 is 1.36 bits per heavy atom. The van der Waals surface area contributed by atoms with Gasteiger partial charge in [-0.3, -0.25) is 4.79 Å². The molecule has 0 saturated carbocycles. The lowest BCUT2D eigenvalue weighted by molar-refractivity contribution is -0.120. The molecule has 1 saturated heterocycles. The number of carbonyl (C=O) groups is 1. The number of nitrogens with one attached hydrogen (secondary N) is 2. The lowest BCUT2D eigenvalue weighted by Crippen LogP contribution is -2.34. The third kappa shape index (κ3) is 4.40. The molecule has 0 spiro atoms. The van der Waals surface area contributed by atoms with E-state index in [9.17, 15) is 4.79 Å². The SMILES string of the molecule is Cl.O=C(Nc1nnc(/C=C/c2ccco2)s1)C1CCNCC1. The predicted molar refractivity (Wildman–Crippen MR) is 89.0 cm³/mol. The van der Waals surface area contributed by atoms with Gasteiger partial charge in [0.05, 0.1) is 6.26 Å². The fourth-order valence-corrected chi connectivity index (χ4v) is 2.83. The third-order valence-corrected chi connectivity index (χ3v) is 4.12. The topological polar surface area (TPSA) is 80.1 Å². The van der Waals surface area contributed by atoms with Gasteiger partial charge in [0, 0.05) is 5.92 Å². The number of piperidine rings is 1. The Hall–Kier alpha value is -1.70. The van der Waals surface area contributed by atoms with E-state index in [2.05, 4.69) is 20.8 Å². The quantitative estimate of drug-likeness (QED) is 0.894. The number of nitrogens with zero attached hydrogens (tertiary/aromatic N) is 2. The molecular formula is C14H17ClN4O2S. The smallest absolute Gasteiger partial charge is 0.229 e. The van der Waals surface area contributed by atoms with E-state index in [1.54, 1.807) is 6.26 Å². The van der Waals surface area contributed by atoms with Crippen LogP contribution in [0.15, 0.2) is 22.8 Å². The lowest BCUT2D eigenvalue weighted by Gasteiger charge is -2.20. The van der Waals surface area contributed by atoms with Crippen LogP contribution in [-0.4, -0.2) is 29.2 Å². The van der Waals surface area contributed by atoms with E-state index >= 15 is 0 Å². The van der Waals surface area contributed by atoms with Crippen molar-refractivity contribution < 1.29 is 9.21 Å². The van der Waals surface area contributed by atoms with Crippen molar-refractivity contribution >= 4 is 46.9 Å². The van der Waals surface area contributed by atoms with E-state index in [0.717, 1.165) is 36.7 Å². The van der Waals surface area contributed by atoms with Crippen LogP contribution in [0.3, 0.4) is 0 Å². The third-order valence-electron chi connectivity index (χ3n) is 3.31. The van der Waals surface area contributed by atoms with E-state index in [0.29, 0.717) is 5.13 Å². The maximum Gasteiger partial charge on any atom is 0.229 e. The minimum absolute atomic E-state index is 0. The highest BCUT2D eigenvalue weighted by Gasteiger charge is 2.21. The Balaban J connectivity index is 0.00000176. The van der Waals surface area contributed by atoms with Gasteiger partial charge < -0.3 is 15.1 Å². The Morgan fingerprint density at radius 2 is 2.18 bits per heavy atom. The van der Waals surface area contributed by atoms with Gasteiger partial charge in [-0.25, -0.2) is 0 Å². The van der Waals surface area contributed by atoms with Crippen LogP contribution >= 0.6 is 23.7 Å².